The van der Waals surface area contributed by atoms with Crippen LogP contribution >= 0.6 is 0 Å². The minimum Gasteiger partial charge on any atom is -0.493 e. The normalized spacial score (nSPS) is 13.8. The number of aliphatic hydroxyl groups is 1. The second kappa shape index (κ2) is 12.5. The number of carbonyl (C=O) groups excluding carboxylic acids is 1. The summed E-state index contributed by atoms with van der Waals surface area (Å²) < 4.78 is 52.1. The van der Waals surface area contributed by atoms with Crippen molar-refractivity contribution in [3.8, 4) is 17.0 Å². The summed E-state index contributed by atoms with van der Waals surface area (Å²) in [6, 6.07) is 3.83. The van der Waals surface area contributed by atoms with Crippen molar-refractivity contribution in [2.45, 2.75) is 90.5 Å². The average Bonchev–Trinajstić information content (AvgIpc) is 3.27. The highest BCUT2D eigenvalue weighted by molar-refractivity contribution is 5.69. The van der Waals surface area contributed by atoms with E-state index in [1.54, 1.807) is 20.8 Å². The quantitative estimate of drug-likeness (QED) is 0.279. The molecule has 0 radical (unpaired) electrons. The van der Waals surface area contributed by atoms with Gasteiger partial charge in [-0.1, -0.05) is 39.0 Å². The fourth-order valence-electron chi connectivity index (χ4n) is 3.56. The molecule has 0 aliphatic carbocycles. The number of carbonyl (C=O) groups is 1. The first-order valence-corrected chi connectivity index (χ1v) is 12.3. The first-order valence-electron chi connectivity index (χ1n) is 12.3. The second-order valence-corrected chi connectivity index (χ2v) is 10.1. The van der Waals surface area contributed by atoms with Gasteiger partial charge in [-0.15, -0.1) is 0 Å². The summed E-state index contributed by atoms with van der Waals surface area (Å²) in [5.74, 6) is -0.0471. The number of aliphatic hydroxyl groups excluding tert-OH is 1. The molecule has 0 spiro atoms. The van der Waals surface area contributed by atoms with E-state index in [2.05, 4.69) is 22.2 Å². The number of benzene rings is 1. The van der Waals surface area contributed by atoms with Crippen LogP contribution in [0.2, 0.25) is 0 Å². The number of amides is 1. The monoisotopic (exact) mass is 513 g/mol. The Labute approximate surface area is 210 Å². The minimum absolute atomic E-state index is 0.169. The Morgan fingerprint density at radius 3 is 2.36 bits per heavy atom. The molecule has 202 valence electrons. The van der Waals surface area contributed by atoms with Crippen LogP contribution in [0, 0.1) is 0 Å². The number of alkyl halides is 3. The predicted octanol–water partition coefficient (Wildman–Crippen LogP) is 6.57. The Balaban J connectivity index is 2.18. The van der Waals surface area contributed by atoms with E-state index in [-0.39, 0.29) is 23.7 Å². The molecule has 0 aliphatic heterocycles. The maximum Gasteiger partial charge on any atom is 0.419 e. The molecule has 1 aromatic heterocycles. The van der Waals surface area contributed by atoms with E-state index in [0.29, 0.717) is 12.1 Å². The third-order valence-corrected chi connectivity index (χ3v) is 5.54. The SMILES string of the molecule is CCCCCCCCOc1ccc(-c2cnc(C(C)(CO)NC(=O)OC(C)(C)C)[nH]2)cc1C(F)(F)F. The number of unbranched alkanes of at least 4 members (excludes halogenated alkanes) is 5. The van der Waals surface area contributed by atoms with Crippen molar-refractivity contribution < 1.29 is 32.5 Å². The van der Waals surface area contributed by atoms with Gasteiger partial charge in [0.1, 0.15) is 22.7 Å². The zero-order valence-electron chi connectivity index (χ0n) is 21.7. The molecule has 1 amide bonds. The lowest BCUT2D eigenvalue weighted by Gasteiger charge is -2.28. The van der Waals surface area contributed by atoms with E-state index in [1.807, 2.05) is 0 Å². The molecule has 2 aromatic rings. The van der Waals surface area contributed by atoms with Crippen LogP contribution < -0.4 is 10.1 Å². The summed E-state index contributed by atoms with van der Waals surface area (Å²) in [7, 11) is 0. The first-order chi connectivity index (χ1) is 16.8. The van der Waals surface area contributed by atoms with Crippen molar-refractivity contribution in [3.05, 3.63) is 35.8 Å². The molecule has 0 saturated heterocycles. The molecule has 0 saturated carbocycles. The molecule has 1 heterocycles. The van der Waals surface area contributed by atoms with Crippen LogP contribution in [0.4, 0.5) is 18.0 Å². The van der Waals surface area contributed by atoms with Gasteiger partial charge < -0.3 is 24.9 Å². The standard InChI is InChI=1S/C26H38F3N3O4/c1-6-7-8-9-10-11-14-35-21-13-12-18(15-19(21)26(27,28)29)20-16-30-22(31-20)25(5,17-33)32-23(34)36-24(2,3)4/h12-13,15-16,33H,6-11,14,17H2,1-5H3,(H,30,31)(H,32,34). The lowest BCUT2D eigenvalue weighted by molar-refractivity contribution is -0.138. The van der Waals surface area contributed by atoms with Crippen molar-refractivity contribution in [2.75, 3.05) is 13.2 Å². The average molecular weight is 514 g/mol. The van der Waals surface area contributed by atoms with E-state index in [4.69, 9.17) is 9.47 Å². The van der Waals surface area contributed by atoms with Gasteiger partial charge in [0, 0.05) is 5.56 Å². The van der Waals surface area contributed by atoms with Crippen molar-refractivity contribution in [1.29, 1.82) is 0 Å². The predicted molar refractivity (Wildman–Crippen MR) is 132 cm³/mol. The van der Waals surface area contributed by atoms with Gasteiger partial charge in [-0.05, 0) is 52.3 Å². The molecule has 0 bridgehead atoms. The molecule has 1 unspecified atom stereocenters. The molecule has 7 nitrogen and oxygen atoms in total. The molecule has 1 atom stereocenters. The molecule has 2 rings (SSSR count). The molecule has 1 aromatic carbocycles. The fraction of sp³-hybridized carbons (Fsp3) is 0.615. The second-order valence-electron chi connectivity index (χ2n) is 10.1. The number of H-pyrrole nitrogens is 1. The third-order valence-electron chi connectivity index (χ3n) is 5.54. The lowest BCUT2D eigenvalue weighted by atomic mass is 10.0. The topological polar surface area (TPSA) is 96.5 Å². The molecule has 3 N–H and O–H groups in total. The zero-order valence-corrected chi connectivity index (χ0v) is 21.7. The van der Waals surface area contributed by atoms with Crippen LogP contribution in [-0.2, 0) is 16.5 Å². The number of imidazole rings is 1. The number of aromatic nitrogens is 2. The molecule has 36 heavy (non-hydrogen) atoms. The maximum absolute atomic E-state index is 13.8. The van der Waals surface area contributed by atoms with Crippen molar-refractivity contribution in [2.24, 2.45) is 0 Å². The number of ether oxygens (including phenoxy) is 2. The number of halogens is 3. The molecular formula is C26H38F3N3O4. The largest absolute Gasteiger partial charge is 0.493 e. The van der Waals surface area contributed by atoms with Crippen LogP contribution in [0.1, 0.15) is 84.5 Å². The molecule has 0 aliphatic rings. The van der Waals surface area contributed by atoms with Gasteiger partial charge in [0.2, 0.25) is 0 Å². The summed E-state index contributed by atoms with van der Waals surface area (Å²) >= 11 is 0. The Bertz CT molecular complexity index is 986. The summed E-state index contributed by atoms with van der Waals surface area (Å²) in [6.45, 7) is 8.46. The van der Waals surface area contributed by atoms with Crippen molar-refractivity contribution in [3.63, 3.8) is 0 Å². The van der Waals surface area contributed by atoms with Crippen molar-refractivity contribution >= 4 is 6.09 Å². The Kier molecular flexibility index (Phi) is 10.2. The highest BCUT2D eigenvalue weighted by atomic mass is 19.4. The molecule has 10 heteroatoms. The number of hydrogen-bond donors (Lipinski definition) is 3. The van der Waals surface area contributed by atoms with Crippen LogP contribution in [0.25, 0.3) is 11.3 Å². The Hall–Kier alpha value is -2.75. The number of rotatable bonds is 12. The summed E-state index contributed by atoms with van der Waals surface area (Å²) in [5.41, 5.74) is -2.43. The number of nitrogens with one attached hydrogen (secondary N) is 2. The third kappa shape index (κ3) is 8.72. The highest BCUT2D eigenvalue weighted by Crippen LogP contribution is 2.39. The van der Waals surface area contributed by atoms with Crippen LogP contribution in [0.5, 0.6) is 5.75 Å². The zero-order chi connectivity index (χ0) is 27.0. The number of nitrogens with zero attached hydrogens (tertiary/aromatic N) is 1. The fourth-order valence-corrected chi connectivity index (χ4v) is 3.56. The van der Waals surface area contributed by atoms with E-state index >= 15 is 0 Å². The summed E-state index contributed by atoms with van der Waals surface area (Å²) in [5, 5.41) is 12.5. The van der Waals surface area contributed by atoms with Gasteiger partial charge in [0.25, 0.3) is 0 Å². The van der Waals surface area contributed by atoms with Gasteiger partial charge in [-0.3, -0.25) is 0 Å². The smallest absolute Gasteiger partial charge is 0.419 e. The van der Waals surface area contributed by atoms with Crippen LogP contribution in [0.3, 0.4) is 0 Å². The van der Waals surface area contributed by atoms with E-state index in [0.717, 1.165) is 38.2 Å². The van der Waals surface area contributed by atoms with Gasteiger partial charge in [-0.2, -0.15) is 13.2 Å². The van der Waals surface area contributed by atoms with Crippen LogP contribution in [0.15, 0.2) is 24.4 Å². The maximum atomic E-state index is 13.8. The summed E-state index contributed by atoms with van der Waals surface area (Å²) in [6.07, 6.45) is 2.05. The van der Waals surface area contributed by atoms with E-state index in [1.165, 1.54) is 25.3 Å². The van der Waals surface area contributed by atoms with Gasteiger partial charge in [0.05, 0.1) is 30.7 Å². The number of aromatic amines is 1. The van der Waals surface area contributed by atoms with E-state index in [9.17, 15) is 23.1 Å². The minimum atomic E-state index is -4.60. The highest BCUT2D eigenvalue weighted by Gasteiger charge is 2.36. The molecular weight excluding hydrogens is 475 g/mol. The Morgan fingerprint density at radius 2 is 1.75 bits per heavy atom. The number of hydrogen-bond acceptors (Lipinski definition) is 5. The van der Waals surface area contributed by atoms with Gasteiger partial charge in [-0.25, -0.2) is 9.78 Å². The van der Waals surface area contributed by atoms with Crippen molar-refractivity contribution in [1.82, 2.24) is 15.3 Å². The number of alkyl carbamates (subject to hydrolysis) is 1. The summed E-state index contributed by atoms with van der Waals surface area (Å²) in [4.78, 5) is 19.3. The first kappa shape index (κ1) is 29.5. The van der Waals surface area contributed by atoms with Crippen LogP contribution in [-0.4, -0.2) is 40.0 Å². The van der Waals surface area contributed by atoms with E-state index < -0.39 is 35.6 Å². The Morgan fingerprint density at radius 1 is 1.08 bits per heavy atom. The van der Waals surface area contributed by atoms with Gasteiger partial charge >= 0.3 is 12.3 Å². The van der Waals surface area contributed by atoms with Gasteiger partial charge in [0.15, 0.2) is 0 Å². The lowest BCUT2D eigenvalue weighted by Crippen LogP contribution is -2.48. The molecule has 0 fully saturated rings.